The molecule has 0 bridgehead atoms. The molecule has 3 aliphatic rings. The SMILES string of the molecule is COc1cc(N2CCN(CCCN3CCC(c4ccc(NC5CCC(=O)NC5=O)cc4)CC3)CC2)ccc1Nc1ncc(Cl)c(Nc2ccccc2C(C)=O)n1. The molecule has 4 heterocycles. The highest BCUT2D eigenvalue weighted by atomic mass is 35.5. The lowest BCUT2D eigenvalue weighted by molar-refractivity contribution is -0.133. The Hall–Kier alpha value is -5.24. The van der Waals surface area contributed by atoms with Crippen LogP contribution in [0.5, 0.6) is 5.75 Å². The first-order valence-electron chi connectivity index (χ1n) is 19.5. The maximum atomic E-state index is 12.1. The number of anilines is 6. The zero-order chi connectivity index (χ0) is 39.0. The van der Waals surface area contributed by atoms with Crippen LogP contribution in [0.3, 0.4) is 0 Å². The van der Waals surface area contributed by atoms with E-state index in [4.69, 9.17) is 16.3 Å². The summed E-state index contributed by atoms with van der Waals surface area (Å²) in [5, 5.41) is 12.5. The number of piperazine rings is 1. The van der Waals surface area contributed by atoms with E-state index >= 15 is 0 Å². The zero-order valence-electron chi connectivity index (χ0n) is 32.0. The van der Waals surface area contributed by atoms with Crippen LogP contribution in [0.15, 0.2) is 72.9 Å². The van der Waals surface area contributed by atoms with Crippen molar-refractivity contribution in [3.63, 3.8) is 0 Å². The smallest absolute Gasteiger partial charge is 0.249 e. The molecular formula is C42H50ClN9O4. The van der Waals surface area contributed by atoms with Gasteiger partial charge in [0.25, 0.3) is 0 Å². The van der Waals surface area contributed by atoms with Gasteiger partial charge in [0.05, 0.1) is 24.7 Å². The van der Waals surface area contributed by atoms with E-state index in [1.165, 1.54) is 18.7 Å². The van der Waals surface area contributed by atoms with Crippen molar-refractivity contribution >= 4 is 63.7 Å². The lowest BCUT2D eigenvalue weighted by atomic mass is 9.89. The highest BCUT2D eigenvalue weighted by Crippen LogP contribution is 2.34. The monoisotopic (exact) mass is 779 g/mol. The zero-order valence-corrected chi connectivity index (χ0v) is 32.8. The van der Waals surface area contributed by atoms with E-state index in [9.17, 15) is 14.4 Å². The number of piperidine rings is 2. The minimum atomic E-state index is -0.362. The average molecular weight is 780 g/mol. The third-order valence-electron chi connectivity index (χ3n) is 11.0. The van der Waals surface area contributed by atoms with Crippen molar-refractivity contribution in [3.05, 3.63) is 89.1 Å². The summed E-state index contributed by atoms with van der Waals surface area (Å²) in [6, 6.07) is 21.5. The second-order valence-corrected chi connectivity index (χ2v) is 15.1. The van der Waals surface area contributed by atoms with Crippen molar-refractivity contribution in [1.29, 1.82) is 0 Å². The first-order valence-corrected chi connectivity index (χ1v) is 19.8. The van der Waals surface area contributed by atoms with E-state index in [-0.39, 0.29) is 23.6 Å². The van der Waals surface area contributed by atoms with Gasteiger partial charge in [0.2, 0.25) is 17.8 Å². The normalized spacial score (nSPS) is 18.3. The number of carbonyl (C=O) groups excluding carboxylic acids is 3. The maximum absolute atomic E-state index is 12.1. The van der Waals surface area contributed by atoms with Gasteiger partial charge in [-0.3, -0.25) is 24.6 Å². The fraction of sp³-hybridized carbons (Fsp3) is 0.405. The quantitative estimate of drug-likeness (QED) is 0.0827. The fourth-order valence-corrected chi connectivity index (χ4v) is 7.90. The average Bonchev–Trinajstić information content (AvgIpc) is 3.21. The first-order chi connectivity index (χ1) is 27.2. The van der Waals surface area contributed by atoms with Crippen LogP contribution in [0, 0.1) is 0 Å². The van der Waals surface area contributed by atoms with E-state index in [2.05, 4.69) is 76.3 Å². The number of halogens is 1. The molecule has 3 aromatic carbocycles. The van der Waals surface area contributed by atoms with E-state index in [0.717, 1.165) is 88.7 Å². The summed E-state index contributed by atoms with van der Waals surface area (Å²) >= 11 is 6.42. The lowest BCUT2D eigenvalue weighted by Gasteiger charge is -2.37. The molecule has 0 aliphatic carbocycles. The number of imide groups is 1. The molecule has 3 saturated heterocycles. The number of para-hydroxylation sites is 1. The van der Waals surface area contributed by atoms with Gasteiger partial charge in [-0.25, -0.2) is 4.98 Å². The summed E-state index contributed by atoms with van der Waals surface area (Å²) in [6.07, 6.45) is 5.88. The molecule has 0 spiro atoms. The molecule has 294 valence electrons. The lowest BCUT2D eigenvalue weighted by Crippen LogP contribution is -2.47. The number of ketones is 1. The number of Topliss-reactive ketones (excluding diaryl/α,β-unsaturated/α-hetero) is 1. The van der Waals surface area contributed by atoms with E-state index in [1.54, 1.807) is 13.2 Å². The minimum absolute atomic E-state index is 0.0590. The first kappa shape index (κ1) is 39.0. The Labute approximate surface area is 333 Å². The van der Waals surface area contributed by atoms with Crippen molar-refractivity contribution in [3.8, 4) is 5.75 Å². The number of benzene rings is 3. The number of nitrogens with zero attached hydrogens (tertiary/aromatic N) is 5. The van der Waals surface area contributed by atoms with Gasteiger partial charge in [-0.2, -0.15) is 4.98 Å². The Morgan fingerprint density at radius 2 is 1.62 bits per heavy atom. The Morgan fingerprint density at radius 3 is 2.34 bits per heavy atom. The number of likely N-dealkylation sites (tertiary alicyclic amines) is 1. The van der Waals surface area contributed by atoms with Crippen molar-refractivity contribution in [2.75, 3.05) is 80.3 Å². The van der Waals surface area contributed by atoms with Gasteiger partial charge in [-0.15, -0.1) is 0 Å². The fourth-order valence-electron chi connectivity index (χ4n) is 7.76. The van der Waals surface area contributed by atoms with Crippen molar-refractivity contribution in [2.24, 2.45) is 0 Å². The molecule has 0 radical (unpaired) electrons. The van der Waals surface area contributed by atoms with Crippen LogP contribution >= 0.6 is 11.6 Å². The Balaban J connectivity index is 0.835. The van der Waals surface area contributed by atoms with Crippen LogP contribution in [0.25, 0.3) is 0 Å². The summed E-state index contributed by atoms with van der Waals surface area (Å²) in [5.41, 5.74) is 5.27. The van der Waals surface area contributed by atoms with Crippen LogP contribution in [0.1, 0.15) is 60.9 Å². The number of amides is 2. The van der Waals surface area contributed by atoms with Gasteiger partial charge in [0.1, 0.15) is 16.8 Å². The Kier molecular flexibility index (Phi) is 12.6. The number of rotatable bonds is 14. The van der Waals surface area contributed by atoms with Crippen LogP contribution in [0.4, 0.5) is 34.5 Å². The number of hydrogen-bond acceptors (Lipinski definition) is 12. The summed E-state index contributed by atoms with van der Waals surface area (Å²) in [7, 11) is 1.65. The molecule has 7 rings (SSSR count). The number of nitrogens with one attached hydrogen (secondary N) is 4. The van der Waals surface area contributed by atoms with Gasteiger partial charge in [0.15, 0.2) is 11.6 Å². The van der Waals surface area contributed by atoms with Crippen LogP contribution in [-0.2, 0) is 9.59 Å². The molecular weight excluding hydrogens is 730 g/mol. The van der Waals surface area contributed by atoms with Crippen LogP contribution in [0.2, 0.25) is 5.02 Å². The van der Waals surface area contributed by atoms with E-state index < -0.39 is 0 Å². The predicted molar refractivity (Wildman–Crippen MR) is 221 cm³/mol. The maximum Gasteiger partial charge on any atom is 0.249 e. The molecule has 1 atom stereocenters. The van der Waals surface area contributed by atoms with E-state index in [1.807, 2.05) is 30.3 Å². The second kappa shape index (κ2) is 18.1. The molecule has 3 fully saturated rings. The Morgan fingerprint density at radius 1 is 0.893 bits per heavy atom. The second-order valence-electron chi connectivity index (χ2n) is 14.7. The van der Waals surface area contributed by atoms with Gasteiger partial charge in [-0.1, -0.05) is 35.9 Å². The summed E-state index contributed by atoms with van der Waals surface area (Å²) < 4.78 is 5.78. The summed E-state index contributed by atoms with van der Waals surface area (Å²) in [6.45, 7) is 9.88. The molecule has 56 heavy (non-hydrogen) atoms. The van der Waals surface area contributed by atoms with Crippen LogP contribution in [-0.4, -0.2) is 103 Å². The molecule has 4 aromatic rings. The summed E-state index contributed by atoms with van der Waals surface area (Å²) in [5.74, 6) is 1.46. The number of ether oxygens (including phenoxy) is 1. The highest BCUT2D eigenvalue weighted by Gasteiger charge is 2.27. The predicted octanol–water partition coefficient (Wildman–Crippen LogP) is 6.44. The molecule has 4 N–H and O–H groups in total. The number of hydrogen-bond donors (Lipinski definition) is 4. The molecule has 1 aromatic heterocycles. The van der Waals surface area contributed by atoms with Crippen molar-refractivity contribution < 1.29 is 19.1 Å². The molecule has 1 unspecified atom stereocenters. The number of carbonyl (C=O) groups is 3. The number of methoxy groups -OCH3 is 1. The molecule has 13 nitrogen and oxygen atoms in total. The molecule has 14 heteroatoms. The topological polar surface area (TPSA) is 144 Å². The van der Waals surface area contributed by atoms with Gasteiger partial charge < -0.3 is 30.5 Å². The third kappa shape index (κ3) is 9.76. The molecule has 0 saturated carbocycles. The van der Waals surface area contributed by atoms with Crippen molar-refractivity contribution in [2.45, 2.75) is 51.0 Å². The number of aromatic nitrogens is 2. The van der Waals surface area contributed by atoms with Gasteiger partial charge in [-0.05, 0) is 107 Å². The van der Waals surface area contributed by atoms with E-state index in [0.29, 0.717) is 52.5 Å². The largest absolute Gasteiger partial charge is 0.494 e. The van der Waals surface area contributed by atoms with Crippen LogP contribution < -0.4 is 30.9 Å². The van der Waals surface area contributed by atoms with Gasteiger partial charge >= 0.3 is 0 Å². The summed E-state index contributed by atoms with van der Waals surface area (Å²) in [4.78, 5) is 52.2. The molecule has 2 amide bonds. The van der Waals surface area contributed by atoms with Crippen molar-refractivity contribution in [1.82, 2.24) is 25.1 Å². The highest BCUT2D eigenvalue weighted by molar-refractivity contribution is 6.33. The van der Waals surface area contributed by atoms with Gasteiger partial charge in [0, 0.05) is 55.6 Å². The third-order valence-corrected chi connectivity index (χ3v) is 11.2. The molecule has 3 aliphatic heterocycles. The Bertz CT molecular complexity index is 2010. The minimum Gasteiger partial charge on any atom is -0.494 e. The standard InChI is InChI=1S/C42H50ClN9O4/c1-28(53)33-6-3-4-7-35(33)46-40-34(43)27-44-42(49-40)47-36-13-12-32(26-38(36)56-2)52-24-22-51(23-25-52)19-5-18-50-20-16-30(17-21-50)29-8-10-31(11-9-29)45-37-14-15-39(54)48-41(37)55/h3-4,6-13,26-27,30,37,45H,5,14-25H2,1-2H3,(H,48,54,55)(H2,44,46,47,49).